The molecule has 0 saturated heterocycles. The first kappa shape index (κ1) is 21.0. The maximum Gasteiger partial charge on any atom is 0.338 e. The molecule has 0 radical (unpaired) electrons. The number of hydrogen-bond donors (Lipinski definition) is 2. The van der Waals surface area contributed by atoms with E-state index >= 15 is 0 Å². The van der Waals surface area contributed by atoms with Gasteiger partial charge in [0.05, 0.1) is 16.6 Å². The first-order valence-electron chi connectivity index (χ1n) is 8.57. The third-order valence-corrected chi connectivity index (χ3v) is 4.38. The summed E-state index contributed by atoms with van der Waals surface area (Å²) in [6.45, 7) is 5.03. The van der Waals surface area contributed by atoms with Crippen LogP contribution >= 0.6 is 28.1 Å². The van der Waals surface area contributed by atoms with Crippen molar-refractivity contribution in [1.29, 1.82) is 0 Å². The number of ether oxygens (including phenoxy) is 1. The van der Waals surface area contributed by atoms with Gasteiger partial charge in [-0.1, -0.05) is 13.3 Å². The largest absolute Gasteiger partial charge is 0.462 e. The lowest BCUT2D eigenvalue weighted by atomic mass is 10.2. The van der Waals surface area contributed by atoms with Crippen LogP contribution in [0.5, 0.6) is 0 Å². The van der Waals surface area contributed by atoms with E-state index in [4.69, 9.17) is 17.0 Å². The summed E-state index contributed by atoms with van der Waals surface area (Å²) in [7, 11) is 0. The average Bonchev–Trinajstić information content (AvgIpc) is 3.03. The van der Waals surface area contributed by atoms with E-state index in [0.29, 0.717) is 28.9 Å². The molecular formula is C18H21BrN4O3S. The lowest BCUT2D eigenvalue weighted by molar-refractivity contribution is 0.0499. The highest BCUT2D eigenvalue weighted by Gasteiger charge is 2.16. The van der Waals surface area contributed by atoms with E-state index < -0.39 is 5.91 Å². The van der Waals surface area contributed by atoms with Crippen LogP contribution in [0.1, 0.15) is 47.5 Å². The predicted octanol–water partition coefficient (Wildman–Crippen LogP) is 3.75. The number of nitrogens with zero attached hydrogens (tertiary/aromatic N) is 2. The van der Waals surface area contributed by atoms with Gasteiger partial charge in [-0.15, -0.1) is 0 Å². The number of rotatable bonds is 7. The van der Waals surface area contributed by atoms with Crippen molar-refractivity contribution in [3.8, 4) is 0 Å². The summed E-state index contributed by atoms with van der Waals surface area (Å²) in [6.07, 6.45) is 3.53. The number of esters is 1. The summed E-state index contributed by atoms with van der Waals surface area (Å²) in [5, 5.41) is 9.78. The molecule has 0 spiro atoms. The van der Waals surface area contributed by atoms with Crippen molar-refractivity contribution < 1.29 is 14.3 Å². The molecule has 1 heterocycles. The molecule has 1 amide bonds. The lowest BCUT2D eigenvalue weighted by Crippen LogP contribution is -2.34. The topological polar surface area (TPSA) is 85.2 Å². The van der Waals surface area contributed by atoms with Crippen molar-refractivity contribution in [2.45, 2.75) is 33.2 Å². The van der Waals surface area contributed by atoms with Crippen molar-refractivity contribution in [2.75, 3.05) is 11.9 Å². The smallest absolute Gasteiger partial charge is 0.338 e. The van der Waals surface area contributed by atoms with Gasteiger partial charge in [0, 0.05) is 18.4 Å². The van der Waals surface area contributed by atoms with E-state index in [9.17, 15) is 9.59 Å². The number of carbonyl (C=O) groups excluding carboxylic acids is 2. The number of hydrogen-bond acceptors (Lipinski definition) is 5. The molecule has 9 heteroatoms. The molecule has 2 N–H and O–H groups in total. The highest BCUT2D eigenvalue weighted by molar-refractivity contribution is 9.10. The Morgan fingerprint density at radius 3 is 2.56 bits per heavy atom. The SMILES string of the molecule is CCCCOC(=O)c1ccc(NC(=S)NC(=O)c2nn(CC)cc2Br)cc1. The number of halogens is 1. The molecule has 0 aliphatic rings. The van der Waals surface area contributed by atoms with Crippen molar-refractivity contribution in [1.82, 2.24) is 15.1 Å². The third kappa shape index (κ3) is 6.14. The molecule has 0 fully saturated rings. The van der Waals surface area contributed by atoms with Crippen LogP contribution in [0.25, 0.3) is 0 Å². The second-order valence-corrected chi connectivity index (χ2v) is 6.92. The standard InChI is InChI=1S/C18H21BrN4O3S/c1-3-5-10-26-17(25)12-6-8-13(9-7-12)20-18(27)21-16(24)15-14(19)11-23(4-2)22-15/h6-9,11H,3-5,10H2,1-2H3,(H2,20,21,24,27). The van der Waals surface area contributed by atoms with Crippen molar-refractivity contribution >= 4 is 50.8 Å². The summed E-state index contributed by atoms with van der Waals surface area (Å²) in [4.78, 5) is 24.1. The van der Waals surface area contributed by atoms with E-state index in [1.807, 2.05) is 13.8 Å². The van der Waals surface area contributed by atoms with Gasteiger partial charge in [0.25, 0.3) is 5.91 Å². The molecule has 27 heavy (non-hydrogen) atoms. The van der Waals surface area contributed by atoms with E-state index in [1.165, 1.54) is 0 Å². The van der Waals surface area contributed by atoms with E-state index in [-0.39, 0.29) is 16.8 Å². The number of benzene rings is 1. The van der Waals surface area contributed by atoms with Gasteiger partial charge < -0.3 is 10.1 Å². The molecule has 7 nitrogen and oxygen atoms in total. The van der Waals surface area contributed by atoms with Gasteiger partial charge in [0.15, 0.2) is 10.8 Å². The summed E-state index contributed by atoms with van der Waals surface area (Å²) in [5.74, 6) is -0.773. The Labute approximate surface area is 171 Å². The zero-order valence-electron chi connectivity index (χ0n) is 15.1. The highest BCUT2D eigenvalue weighted by atomic mass is 79.9. The van der Waals surface area contributed by atoms with Crippen LogP contribution in [0.2, 0.25) is 0 Å². The molecule has 144 valence electrons. The Morgan fingerprint density at radius 2 is 1.96 bits per heavy atom. The molecular weight excluding hydrogens is 432 g/mol. The minimum atomic E-state index is -0.414. The van der Waals surface area contributed by atoms with Crippen molar-refractivity contribution in [3.63, 3.8) is 0 Å². The van der Waals surface area contributed by atoms with Crippen LogP contribution in [0.15, 0.2) is 34.9 Å². The van der Waals surface area contributed by atoms with Crippen LogP contribution in [-0.4, -0.2) is 33.4 Å². The third-order valence-electron chi connectivity index (χ3n) is 3.59. The summed E-state index contributed by atoms with van der Waals surface area (Å²) in [5.41, 5.74) is 1.36. The van der Waals surface area contributed by atoms with Gasteiger partial charge in [-0.2, -0.15) is 5.10 Å². The number of unbranched alkanes of at least 4 members (excludes halogenated alkanes) is 1. The van der Waals surface area contributed by atoms with Crippen molar-refractivity contribution in [2.24, 2.45) is 0 Å². The van der Waals surface area contributed by atoms with Crippen LogP contribution in [-0.2, 0) is 11.3 Å². The Kier molecular flexibility index (Phi) is 7.93. The van der Waals surface area contributed by atoms with Gasteiger partial charge in [-0.25, -0.2) is 4.79 Å². The van der Waals surface area contributed by atoms with E-state index in [1.54, 1.807) is 35.1 Å². The molecule has 1 aromatic carbocycles. The van der Waals surface area contributed by atoms with Crippen molar-refractivity contribution in [3.05, 3.63) is 46.2 Å². The minimum absolute atomic E-state index is 0.135. The monoisotopic (exact) mass is 452 g/mol. The minimum Gasteiger partial charge on any atom is -0.462 e. The molecule has 1 aromatic heterocycles. The number of nitrogens with one attached hydrogen (secondary N) is 2. The molecule has 0 bridgehead atoms. The Bertz CT molecular complexity index is 821. The number of aryl methyl sites for hydroxylation is 1. The first-order chi connectivity index (χ1) is 12.9. The molecule has 0 aliphatic carbocycles. The Morgan fingerprint density at radius 1 is 1.26 bits per heavy atom. The fourth-order valence-electron chi connectivity index (χ4n) is 2.12. The molecule has 0 unspecified atom stereocenters. The molecule has 0 aliphatic heterocycles. The fraction of sp³-hybridized carbons (Fsp3) is 0.333. The van der Waals surface area contributed by atoms with Gasteiger partial charge in [0.2, 0.25) is 0 Å². The van der Waals surface area contributed by atoms with Crippen LogP contribution in [0.3, 0.4) is 0 Å². The van der Waals surface area contributed by atoms with Crippen LogP contribution < -0.4 is 10.6 Å². The lowest BCUT2D eigenvalue weighted by Gasteiger charge is -2.09. The maximum atomic E-state index is 12.3. The quantitative estimate of drug-likeness (QED) is 0.378. The summed E-state index contributed by atoms with van der Waals surface area (Å²) in [6, 6.07) is 6.66. The summed E-state index contributed by atoms with van der Waals surface area (Å²) < 4.78 is 7.40. The van der Waals surface area contributed by atoms with Gasteiger partial charge >= 0.3 is 5.97 Å². The normalized spacial score (nSPS) is 10.3. The Balaban J connectivity index is 1.90. The fourth-order valence-corrected chi connectivity index (χ4v) is 2.83. The Hall–Kier alpha value is -2.26. The van der Waals surface area contributed by atoms with Crippen LogP contribution in [0.4, 0.5) is 5.69 Å². The highest BCUT2D eigenvalue weighted by Crippen LogP contribution is 2.15. The van der Waals surface area contributed by atoms with Gasteiger partial charge in [0.1, 0.15) is 0 Å². The number of thiocarbonyl (C=S) groups is 1. The second kappa shape index (κ2) is 10.2. The number of aromatic nitrogens is 2. The predicted molar refractivity (Wildman–Crippen MR) is 111 cm³/mol. The number of amides is 1. The molecule has 0 saturated carbocycles. The number of anilines is 1. The molecule has 2 rings (SSSR count). The number of carbonyl (C=O) groups is 2. The van der Waals surface area contributed by atoms with E-state index in [0.717, 1.165) is 12.8 Å². The zero-order chi connectivity index (χ0) is 19.8. The second-order valence-electron chi connectivity index (χ2n) is 5.66. The summed E-state index contributed by atoms with van der Waals surface area (Å²) >= 11 is 8.47. The zero-order valence-corrected chi connectivity index (χ0v) is 17.5. The maximum absolute atomic E-state index is 12.3. The van der Waals surface area contributed by atoms with Crippen LogP contribution in [0, 0.1) is 0 Å². The molecule has 0 atom stereocenters. The van der Waals surface area contributed by atoms with Gasteiger partial charge in [-0.05, 0) is 65.8 Å². The van der Waals surface area contributed by atoms with Gasteiger partial charge in [-0.3, -0.25) is 14.8 Å². The average molecular weight is 453 g/mol. The molecule has 2 aromatic rings. The van der Waals surface area contributed by atoms with E-state index in [2.05, 4.69) is 31.7 Å². The first-order valence-corrected chi connectivity index (χ1v) is 9.77.